The summed E-state index contributed by atoms with van der Waals surface area (Å²) in [5.74, 6) is 0.538. The van der Waals surface area contributed by atoms with Crippen LogP contribution in [-0.2, 0) is 6.42 Å². The number of hydrogen-bond acceptors (Lipinski definition) is 2. The minimum absolute atomic E-state index is 0.387. The molecule has 0 aliphatic rings. The smallest absolute Gasteiger partial charge is 0.339 e. The Morgan fingerprint density at radius 2 is 1.15 bits per heavy atom. The highest BCUT2D eigenvalue weighted by atomic mass is 16.4. The van der Waals surface area contributed by atoms with Gasteiger partial charge in [-0.05, 0) is 20.3 Å². The fourth-order valence-electron chi connectivity index (χ4n) is 3.81. The third kappa shape index (κ3) is 10.0. The highest BCUT2D eigenvalue weighted by Gasteiger charge is 2.19. The Morgan fingerprint density at radius 3 is 1.56 bits per heavy atom. The van der Waals surface area contributed by atoms with Crippen molar-refractivity contribution in [3.05, 3.63) is 22.6 Å². The van der Waals surface area contributed by atoms with Crippen molar-refractivity contribution in [1.29, 1.82) is 0 Å². The molecule has 0 fully saturated rings. The summed E-state index contributed by atoms with van der Waals surface area (Å²) in [6, 6.07) is 0. The number of aromatic carboxylic acids is 1. The van der Waals surface area contributed by atoms with E-state index in [9.17, 15) is 9.90 Å². The van der Waals surface area contributed by atoms with Gasteiger partial charge in [-0.15, -0.1) is 0 Å². The minimum Gasteiger partial charge on any atom is -0.478 e. The quantitative estimate of drug-likeness (QED) is 0.279. The topological polar surface area (TPSA) is 50.4 Å². The monoisotopic (exact) mass is 378 g/mol. The van der Waals surface area contributed by atoms with Crippen LogP contribution >= 0.6 is 0 Å². The van der Waals surface area contributed by atoms with Gasteiger partial charge in [-0.2, -0.15) is 0 Å². The lowest BCUT2D eigenvalue weighted by atomic mass is 10.0. The van der Waals surface area contributed by atoms with E-state index in [-0.39, 0.29) is 0 Å². The molecule has 0 aromatic carbocycles. The van der Waals surface area contributed by atoms with Crippen LogP contribution in [-0.4, -0.2) is 11.1 Å². The van der Waals surface area contributed by atoms with Gasteiger partial charge in [0, 0.05) is 12.0 Å². The zero-order chi connectivity index (χ0) is 19.9. The molecule has 0 spiro atoms. The molecule has 1 aromatic rings. The van der Waals surface area contributed by atoms with E-state index in [1.54, 1.807) is 0 Å². The van der Waals surface area contributed by atoms with Crippen molar-refractivity contribution >= 4 is 5.97 Å². The van der Waals surface area contributed by atoms with Crippen molar-refractivity contribution in [2.24, 2.45) is 0 Å². The van der Waals surface area contributed by atoms with Crippen LogP contribution in [0, 0.1) is 13.8 Å². The molecule has 3 heteroatoms. The van der Waals surface area contributed by atoms with Crippen LogP contribution in [0.2, 0.25) is 0 Å². The molecular formula is C24H42O3. The number of carboxylic acid groups (broad SMARTS) is 1. The standard InChI is InChI=1S/C24H42O3/c1-4-5-6-7-8-9-10-11-12-13-14-15-16-17-18-19-22-23(24(25)26)20(2)21(3)27-22/h4-19H2,1-3H3,(H,25,26). The number of aryl methyl sites for hydroxylation is 2. The van der Waals surface area contributed by atoms with Gasteiger partial charge in [0.15, 0.2) is 0 Å². The molecule has 0 saturated carbocycles. The number of rotatable bonds is 17. The first-order valence-electron chi connectivity index (χ1n) is 11.4. The number of carboxylic acids is 1. The van der Waals surface area contributed by atoms with Crippen molar-refractivity contribution < 1.29 is 14.3 Å². The van der Waals surface area contributed by atoms with Crippen LogP contribution in [0.1, 0.15) is 131 Å². The first-order valence-corrected chi connectivity index (χ1v) is 11.4. The molecule has 0 amide bonds. The number of furan rings is 1. The Balaban J connectivity index is 1.94. The highest BCUT2D eigenvalue weighted by Crippen LogP contribution is 2.23. The molecule has 0 radical (unpaired) electrons. The minimum atomic E-state index is -0.861. The first kappa shape index (κ1) is 23.8. The third-order valence-electron chi connectivity index (χ3n) is 5.68. The normalized spacial score (nSPS) is 11.2. The average molecular weight is 379 g/mol. The van der Waals surface area contributed by atoms with Crippen molar-refractivity contribution in [2.45, 2.75) is 124 Å². The van der Waals surface area contributed by atoms with Crippen molar-refractivity contribution in [2.75, 3.05) is 0 Å². The lowest BCUT2D eigenvalue weighted by Gasteiger charge is -2.03. The molecule has 1 aromatic heterocycles. The fourth-order valence-corrected chi connectivity index (χ4v) is 3.81. The summed E-state index contributed by atoms with van der Waals surface area (Å²) >= 11 is 0. The van der Waals surface area contributed by atoms with Gasteiger partial charge >= 0.3 is 5.97 Å². The van der Waals surface area contributed by atoms with Crippen molar-refractivity contribution in [3.63, 3.8) is 0 Å². The van der Waals surface area contributed by atoms with Crippen LogP contribution in [0.15, 0.2) is 4.42 Å². The predicted octanol–water partition coefficient (Wildman–Crippen LogP) is 8.01. The molecule has 0 unspecified atom stereocenters. The Labute approximate surface area is 166 Å². The molecular weight excluding hydrogens is 336 g/mol. The highest BCUT2D eigenvalue weighted by molar-refractivity contribution is 5.90. The largest absolute Gasteiger partial charge is 0.478 e. The Hall–Kier alpha value is -1.25. The molecule has 3 nitrogen and oxygen atoms in total. The zero-order valence-corrected chi connectivity index (χ0v) is 18.1. The van der Waals surface area contributed by atoms with Gasteiger partial charge in [0.05, 0.1) is 0 Å². The summed E-state index contributed by atoms with van der Waals surface area (Å²) in [6.07, 6.45) is 20.9. The molecule has 1 rings (SSSR count). The van der Waals surface area contributed by atoms with E-state index in [1.807, 2.05) is 13.8 Å². The Kier molecular flexibility index (Phi) is 13.0. The predicted molar refractivity (Wildman–Crippen MR) is 114 cm³/mol. The van der Waals surface area contributed by atoms with Crippen LogP contribution in [0.3, 0.4) is 0 Å². The van der Waals surface area contributed by atoms with E-state index in [1.165, 1.54) is 83.5 Å². The summed E-state index contributed by atoms with van der Waals surface area (Å²) in [4.78, 5) is 11.4. The molecule has 1 N–H and O–H groups in total. The van der Waals surface area contributed by atoms with E-state index >= 15 is 0 Å². The lowest BCUT2D eigenvalue weighted by molar-refractivity contribution is 0.0693. The van der Waals surface area contributed by atoms with E-state index in [2.05, 4.69) is 6.92 Å². The maximum Gasteiger partial charge on any atom is 0.339 e. The van der Waals surface area contributed by atoms with Crippen molar-refractivity contribution in [1.82, 2.24) is 0 Å². The zero-order valence-electron chi connectivity index (χ0n) is 18.1. The van der Waals surface area contributed by atoms with Gasteiger partial charge < -0.3 is 9.52 Å². The van der Waals surface area contributed by atoms with E-state index < -0.39 is 5.97 Å². The summed E-state index contributed by atoms with van der Waals surface area (Å²) in [7, 11) is 0. The number of unbranched alkanes of at least 4 members (excludes halogenated alkanes) is 14. The van der Waals surface area contributed by atoms with Crippen LogP contribution in [0.5, 0.6) is 0 Å². The molecule has 27 heavy (non-hydrogen) atoms. The second-order valence-electron chi connectivity index (χ2n) is 8.09. The molecule has 0 saturated heterocycles. The van der Waals surface area contributed by atoms with Gasteiger partial charge in [-0.1, -0.05) is 96.8 Å². The maximum atomic E-state index is 11.4. The van der Waals surface area contributed by atoms with E-state index in [4.69, 9.17) is 4.42 Å². The second kappa shape index (κ2) is 14.8. The van der Waals surface area contributed by atoms with Crippen molar-refractivity contribution in [3.8, 4) is 0 Å². The van der Waals surface area contributed by atoms with E-state index in [0.29, 0.717) is 11.3 Å². The Morgan fingerprint density at radius 1 is 0.741 bits per heavy atom. The first-order chi connectivity index (χ1) is 13.1. The van der Waals surface area contributed by atoms with Crippen LogP contribution < -0.4 is 0 Å². The van der Waals surface area contributed by atoms with Crippen LogP contribution in [0.25, 0.3) is 0 Å². The summed E-state index contributed by atoms with van der Waals surface area (Å²) in [5, 5.41) is 9.33. The van der Waals surface area contributed by atoms with Crippen LogP contribution in [0.4, 0.5) is 0 Å². The molecule has 0 bridgehead atoms. The summed E-state index contributed by atoms with van der Waals surface area (Å²) < 4.78 is 5.65. The van der Waals surface area contributed by atoms with Gasteiger partial charge in [-0.25, -0.2) is 4.79 Å². The molecule has 156 valence electrons. The number of carbonyl (C=O) groups is 1. The SMILES string of the molecule is CCCCCCCCCCCCCCCCCc1oc(C)c(C)c1C(=O)O. The van der Waals surface area contributed by atoms with Gasteiger partial charge in [0.1, 0.15) is 17.1 Å². The second-order valence-corrected chi connectivity index (χ2v) is 8.09. The summed E-state index contributed by atoms with van der Waals surface area (Å²) in [6.45, 7) is 5.95. The molecule has 0 atom stereocenters. The number of hydrogen-bond donors (Lipinski definition) is 1. The molecule has 0 aliphatic heterocycles. The Bertz CT molecular complexity index is 516. The molecule has 1 heterocycles. The maximum absolute atomic E-state index is 11.4. The van der Waals surface area contributed by atoms with Gasteiger partial charge in [0.2, 0.25) is 0 Å². The van der Waals surface area contributed by atoms with Gasteiger partial charge in [0.25, 0.3) is 0 Å². The summed E-state index contributed by atoms with van der Waals surface area (Å²) in [5.41, 5.74) is 1.16. The third-order valence-corrected chi connectivity index (χ3v) is 5.68. The average Bonchev–Trinajstić information content (AvgIpc) is 2.92. The van der Waals surface area contributed by atoms with Gasteiger partial charge in [-0.3, -0.25) is 0 Å². The van der Waals surface area contributed by atoms with E-state index in [0.717, 1.165) is 30.6 Å². The fraction of sp³-hybridized carbons (Fsp3) is 0.792. The molecule has 0 aliphatic carbocycles. The lowest BCUT2D eigenvalue weighted by Crippen LogP contribution is -2.01.